The molecule has 0 saturated heterocycles. The minimum atomic E-state index is -0.0877. The van der Waals surface area contributed by atoms with E-state index in [2.05, 4.69) is 25.8 Å². The molecule has 2 aromatic carbocycles. The summed E-state index contributed by atoms with van der Waals surface area (Å²) in [5.74, 6) is 0.681. The Bertz CT molecular complexity index is 1200. The molecule has 0 aliphatic heterocycles. The molecule has 31 heavy (non-hydrogen) atoms. The van der Waals surface area contributed by atoms with Gasteiger partial charge in [0.2, 0.25) is 0 Å². The van der Waals surface area contributed by atoms with Crippen molar-refractivity contribution >= 4 is 32.6 Å². The van der Waals surface area contributed by atoms with Crippen LogP contribution >= 0.6 is 11.3 Å². The number of methoxy groups -OCH3 is 1. The maximum absolute atomic E-state index is 13.6. The van der Waals surface area contributed by atoms with Crippen molar-refractivity contribution in [1.29, 1.82) is 0 Å². The van der Waals surface area contributed by atoms with Gasteiger partial charge in [-0.05, 0) is 52.9 Å². The zero-order chi connectivity index (χ0) is 22.0. The summed E-state index contributed by atoms with van der Waals surface area (Å²) in [6, 6.07) is 17.4. The summed E-state index contributed by atoms with van der Waals surface area (Å²) in [7, 11) is 1.64. The highest BCUT2D eigenvalue weighted by molar-refractivity contribution is 7.22. The third kappa shape index (κ3) is 4.59. The molecule has 2 heterocycles. The van der Waals surface area contributed by atoms with Crippen LogP contribution in [0.1, 0.15) is 42.3 Å². The largest absolute Gasteiger partial charge is 0.497 e. The van der Waals surface area contributed by atoms with Gasteiger partial charge in [0.25, 0.3) is 5.91 Å². The highest BCUT2D eigenvalue weighted by atomic mass is 32.1. The molecular formula is C25H25N3O2S. The number of nitrogens with zero attached hydrogens (tertiary/aromatic N) is 3. The predicted octanol–water partition coefficient (Wildman–Crippen LogP) is 5.84. The molecule has 158 valence electrons. The molecule has 0 fully saturated rings. The van der Waals surface area contributed by atoms with Gasteiger partial charge in [-0.1, -0.05) is 50.3 Å². The van der Waals surface area contributed by atoms with E-state index in [9.17, 15) is 4.79 Å². The molecule has 0 aliphatic carbocycles. The van der Waals surface area contributed by atoms with Crippen molar-refractivity contribution < 1.29 is 9.53 Å². The summed E-state index contributed by atoms with van der Waals surface area (Å²) in [5.41, 5.74) is 3.64. The first-order chi connectivity index (χ1) is 14.8. The summed E-state index contributed by atoms with van der Waals surface area (Å²) in [6.07, 6.45) is 3.50. The third-order valence-electron chi connectivity index (χ3n) is 5.12. The van der Waals surface area contributed by atoms with E-state index in [4.69, 9.17) is 9.72 Å². The minimum absolute atomic E-state index is 0.0308. The standard InChI is InChI=1S/C25H25N3O2S/c1-25(2,3)19-9-7-18(8-10-19)23(29)28(16-17-6-5-13-26-15-17)24-27-21-12-11-20(30-4)14-22(21)31-24/h5-15H,16H2,1-4H3. The second-order valence-electron chi connectivity index (χ2n) is 8.41. The van der Waals surface area contributed by atoms with E-state index in [0.717, 1.165) is 21.5 Å². The number of carbonyl (C=O) groups is 1. The number of hydrogen-bond donors (Lipinski definition) is 0. The number of pyridine rings is 1. The molecule has 0 aliphatic rings. The van der Waals surface area contributed by atoms with E-state index in [-0.39, 0.29) is 11.3 Å². The zero-order valence-electron chi connectivity index (χ0n) is 18.1. The van der Waals surface area contributed by atoms with Crippen LogP contribution in [-0.4, -0.2) is 23.0 Å². The molecule has 0 atom stereocenters. The first kappa shape index (κ1) is 21.0. The van der Waals surface area contributed by atoms with E-state index in [0.29, 0.717) is 17.2 Å². The minimum Gasteiger partial charge on any atom is -0.497 e. The van der Waals surface area contributed by atoms with E-state index in [1.54, 1.807) is 24.4 Å². The van der Waals surface area contributed by atoms with Crippen molar-refractivity contribution in [2.75, 3.05) is 12.0 Å². The van der Waals surface area contributed by atoms with Crippen LogP contribution in [0.5, 0.6) is 5.75 Å². The van der Waals surface area contributed by atoms with E-state index >= 15 is 0 Å². The van der Waals surface area contributed by atoms with Crippen LogP contribution in [0.2, 0.25) is 0 Å². The molecule has 0 bridgehead atoms. The van der Waals surface area contributed by atoms with Crippen molar-refractivity contribution in [3.63, 3.8) is 0 Å². The molecule has 0 spiro atoms. The highest BCUT2D eigenvalue weighted by Crippen LogP contribution is 2.33. The number of benzene rings is 2. The molecule has 2 aromatic heterocycles. The summed E-state index contributed by atoms with van der Waals surface area (Å²) >= 11 is 1.48. The fraction of sp³-hybridized carbons (Fsp3) is 0.240. The van der Waals surface area contributed by atoms with E-state index in [1.165, 1.54) is 16.9 Å². The van der Waals surface area contributed by atoms with Crippen molar-refractivity contribution in [3.8, 4) is 5.75 Å². The average Bonchev–Trinajstić information content (AvgIpc) is 3.20. The Kier molecular flexibility index (Phi) is 5.74. The predicted molar refractivity (Wildman–Crippen MR) is 126 cm³/mol. The van der Waals surface area contributed by atoms with E-state index in [1.807, 2.05) is 54.6 Å². The van der Waals surface area contributed by atoms with Gasteiger partial charge in [0.05, 0.1) is 23.9 Å². The quantitative estimate of drug-likeness (QED) is 0.398. The van der Waals surface area contributed by atoms with Crippen LogP contribution in [0.25, 0.3) is 10.2 Å². The summed E-state index contributed by atoms with van der Waals surface area (Å²) in [4.78, 5) is 24.2. The molecular weight excluding hydrogens is 406 g/mol. The number of fused-ring (bicyclic) bond motifs is 1. The number of rotatable bonds is 5. The van der Waals surface area contributed by atoms with Crippen LogP contribution in [-0.2, 0) is 12.0 Å². The lowest BCUT2D eigenvalue weighted by Crippen LogP contribution is -2.30. The van der Waals surface area contributed by atoms with Crippen molar-refractivity contribution in [2.45, 2.75) is 32.7 Å². The van der Waals surface area contributed by atoms with Gasteiger partial charge < -0.3 is 4.74 Å². The Morgan fingerprint density at radius 3 is 2.52 bits per heavy atom. The highest BCUT2D eigenvalue weighted by Gasteiger charge is 2.23. The van der Waals surface area contributed by atoms with Crippen LogP contribution in [0.3, 0.4) is 0 Å². The smallest absolute Gasteiger partial charge is 0.260 e. The van der Waals surface area contributed by atoms with Crippen LogP contribution in [0.4, 0.5) is 5.13 Å². The molecule has 5 nitrogen and oxygen atoms in total. The topological polar surface area (TPSA) is 55.3 Å². The number of hydrogen-bond acceptors (Lipinski definition) is 5. The maximum Gasteiger partial charge on any atom is 0.260 e. The van der Waals surface area contributed by atoms with E-state index < -0.39 is 0 Å². The van der Waals surface area contributed by atoms with Gasteiger partial charge in [0.1, 0.15) is 5.75 Å². The summed E-state index contributed by atoms with van der Waals surface area (Å²) < 4.78 is 6.31. The van der Waals surface area contributed by atoms with Crippen molar-refractivity contribution in [2.24, 2.45) is 0 Å². The first-order valence-electron chi connectivity index (χ1n) is 10.1. The van der Waals surface area contributed by atoms with Crippen LogP contribution in [0.15, 0.2) is 67.0 Å². The molecule has 1 amide bonds. The Morgan fingerprint density at radius 2 is 1.87 bits per heavy atom. The van der Waals surface area contributed by atoms with Crippen molar-refractivity contribution in [3.05, 3.63) is 83.7 Å². The second kappa shape index (κ2) is 8.47. The normalized spacial score (nSPS) is 11.5. The average molecular weight is 432 g/mol. The van der Waals surface area contributed by atoms with Gasteiger partial charge in [-0.2, -0.15) is 0 Å². The van der Waals surface area contributed by atoms with Gasteiger partial charge in [0.15, 0.2) is 5.13 Å². The fourth-order valence-corrected chi connectivity index (χ4v) is 4.30. The van der Waals surface area contributed by atoms with Gasteiger partial charge in [0, 0.05) is 18.0 Å². The van der Waals surface area contributed by atoms with Crippen molar-refractivity contribution in [1.82, 2.24) is 9.97 Å². The number of carbonyl (C=O) groups excluding carboxylic acids is 1. The molecule has 6 heteroatoms. The molecule has 4 aromatic rings. The lowest BCUT2D eigenvalue weighted by Gasteiger charge is -2.22. The fourth-order valence-electron chi connectivity index (χ4n) is 3.30. The first-order valence-corrected chi connectivity index (χ1v) is 10.9. The number of thiazole rings is 1. The summed E-state index contributed by atoms with van der Waals surface area (Å²) in [5, 5.41) is 0.650. The van der Waals surface area contributed by atoms with Gasteiger partial charge in [-0.3, -0.25) is 14.7 Å². The van der Waals surface area contributed by atoms with Crippen LogP contribution in [0, 0.1) is 0 Å². The lowest BCUT2D eigenvalue weighted by molar-refractivity contribution is 0.0985. The van der Waals surface area contributed by atoms with Gasteiger partial charge in [-0.25, -0.2) is 4.98 Å². The molecule has 0 radical (unpaired) electrons. The third-order valence-corrected chi connectivity index (χ3v) is 6.16. The number of amides is 1. The Labute approximate surface area is 186 Å². The SMILES string of the molecule is COc1ccc2nc(N(Cc3cccnc3)C(=O)c3ccc(C(C)(C)C)cc3)sc2c1. The molecule has 0 unspecified atom stereocenters. The maximum atomic E-state index is 13.6. The van der Waals surface area contributed by atoms with Gasteiger partial charge in [-0.15, -0.1) is 0 Å². The molecule has 0 N–H and O–H groups in total. The van der Waals surface area contributed by atoms with Gasteiger partial charge >= 0.3 is 0 Å². The summed E-state index contributed by atoms with van der Waals surface area (Å²) in [6.45, 7) is 6.88. The number of anilines is 1. The number of aromatic nitrogens is 2. The number of ether oxygens (including phenoxy) is 1. The Hall–Kier alpha value is -3.25. The molecule has 4 rings (SSSR count). The molecule has 0 saturated carbocycles. The van der Waals surface area contributed by atoms with Crippen LogP contribution < -0.4 is 9.64 Å². The lowest BCUT2D eigenvalue weighted by atomic mass is 9.86. The second-order valence-corrected chi connectivity index (χ2v) is 9.42. The Morgan fingerprint density at radius 1 is 1.10 bits per heavy atom. The monoisotopic (exact) mass is 431 g/mol. The Balaban J connectivity index is 1.73. The zero-order valence-corrected chi connectivity index (χ0v) is 18.9.